The summed E-state index contributed by atoms with van der Waals surface area (Å²) in [5.74, 6) is -1.95. The summed E-state index contributed by atoms with van der Waals surface area (Å²) in [6.07, 6.45) is 0. The van der Waals surface area contributed by atoms with Gasteiger partial charge in [-0.25, -0.2) is 8.78 Å². The van der Waals surface area contributed by atoms with Crippen LogP contribution in [0.5, 0.6) is 0 Å². The van der Waals surface area contributed by atoms with Crippen molar-refractivity contribution in [3.05, 3.63) is 75.1 Å². The number of carbonyl (C=O) groups excluding carboxylic acids is 2. The van der Waals surface area contributed by atoms with E-state index in [1.165, 1.54) is 30.3 Å². The van der Waals surface area contributed by atoms with Gasteiger partial charge in [0.2, 0.25) is 0 Å². The molecule has 0 atom stereocenters. The summed E-state index contributed by atoms with van der Waals surface area (Å²) >= 11 is 7.35. The van der Waals surface area contributed by atoms with Gasteiger partial charge in [0, 0.05) is 35.6 Å². The monoisotopic (exact) mass is 491 g/mol. The minimum Gasteiger partial charge on any atom is -0.378 e. The quantitative estimate of drug-likeness (QED) is 0.506. The minimum absolute atomic E-state index is 0.151. The lowest BCUT2D eigenvalue weighted by molar-refractivity contribution is 0.102. The second-order valence-electron chi connectivity index (χ2n) is 7.41. The van der Waals surface area contributed by atoms with Crippen molar-refractivity contribution in [3.8, 4) is 0 Å². The average molecular weight is 492 g/mol. The first-order valence-corrected chi connectivity index (χ1v) is 11.3. The molecule has 2 aromatic carbocycles. The molecule has 0 aliphatic carbocycles. The first-order chi connectivity index (χ1) is 15.8. The molecule has 172 valence electrons. The summed E-state index contributed by atoms with van der Waals surface area (Å²) in [5, 5.41) is 5.95. The number of nitrogens with zero attached hydrogens (tertiary/aromatic N) is 1. The third kappa shape index (κ3) is 5.32. The van der Waals surface area contributed by atoms with Crippen LogP contribution in [0.1, 0.15) is 25.6 Å². The Hall–Kier alpha value is -3.01. The normalized spacial score (nSPS) is 13.6. The predicted octanol–water partition coefficient (Wildman–Crippen LogP) is 5.33. The highest BCUT2D eigenvalue weighted by Crippen LogP contribution is 2.37. The molecule has 1 aliphatic rings. The SMILES string of the molecule is Cc1c(NC(=O)c2cc(F)cc(N3CCOCC3)c2)sc(C(=O)Nc2ccc(F)cc2)c1Cl. The molecule has 0 radical (unpaired) electrons. The molecule has 33 heavy (non-hydrogen) atoms. The third-order valence-corrected chi connectivity index (χ3v) is 6.92. The predicted molar refractivity (Wildman–Crippen MR) is 126 cm³/mol. The Morgan fingerprint density at radius 3 is 2.39 bits per heavy atom. The zero-order valence-electron chi connectivity index (χ0n) is 17.6. The third-order valence-electron chi connectivity index (χ3n) is 5.13. The maximum atomic E-state index is 14.2. The van der Waals surface area contributed by atoms with E-state index in [4.69, 9.17) is 16.3 Å². The topological polar surface area (TPSA) is 70.7 Å². The van der Waals surface area contributed by atoms with Crippen LogP contribution in [0.15, 0.2) is 42.5 Å². The van der Waals surface area contributed by atoms with Crippen molar-refractivity contribution in [1.29, 1.82) is 0 Å². The molecule has 1 aliphatic heterocycles. The van der Waals surface area contributed by atoms with Gasteiger partial charge in [-0.2, -0.15) is 0 Å². The Kier molecular flexibility index (Phi) is 6.92. The largest absolute Gasteiger partial charge is 0.378 e. The van der Waals surface area contributed by atoms with Crippen molar-refractivity contribution >= 4 is 51.1 Å². The molecule has 6 nitrogen and oxygen atoms in total. The molecule has 1 fully saturated rings. The van der Waals surface area contributed by atoms with Gasteiger partial charge in [-0.05, 0) is 49.4 Å². The lowest BCUT2D eigenvalue weighted by Gasteiger charge is -2.29. The second-order valence-corrected chi connectivity index (χ2v) is 8.81. The number of halogens is 3. The lowest BCUT2D eigenvalue weighted by Crippen LogP contribution is -2.36. The van der Waals surface area contributed by atoms with Crippen molar-refractivity contribution in [2.24, 2.45) is 0 Å². The van der Waals surface area contributed by atoms with Gasteiger partial charge in [-0.1, -0.05) is 11.6 Å². The van der Waals surface area contributed by atoms with Gasteiger partial charge in [0.1, 0.15) is 21.5 Å². The van der Waals surface area contributed by atoms with E-state index in [2.05, 4.69) is 10.6 Å². The number of thiophene rings is 1. The highest BCUT2D eigenvalue weighted by molar-refractivity contribution is 7.19. The maximum Gasteiger partial charge on any atom is 0.267 e. The van der Waals surface area contributed by atoms with Crippen molar-refractivity contribution in [1.82, 2.24) is 0 Å². The van der Waals surface area contributed by atoms with Crippen LogP contribution in [-0.4, -0.2) is 38.1 Å². The van der Waals surface area contributed by atoms with Gasteiger partial charge >= 0.3 is 0 Å². The van der Waals surface area contributed by atoms with Crippen LogP contribution in [0.3, 0.4) is 0 Å². The number of anilines is 3. The van der Waals surface area contributed by atoms with Crippen LogP contribution in [-0.2, 0) is 4.74 Å². The summed E-state index contributed by atoms with van der Waals surface area (Å²) in [5.41, 5.74) is 1.68. The summed E-state index contributed by atoms with van der Waals surface area (Å²) in [4.78, 5) is 27.7. The number of benzene rings is 2. The summed E-state index contributed by atoms with van der Waals surface area (Å²) < 4.78 is 32.6. The molecule has 3 aromatic rings. The smallest absolute Gasteiger partial charge is 0.267 e. The van der Waals surface area contributed by atoms with E-state index in [0.29, 0.717) is 48.2 Å². The number of hydrogen-bond acceptors (Lipinski definition) is 5. The fourth-order valence-corrected chi connectivity index (χ4v) is 4.71. The van der Waals surface area contributed by atoms with Crippen LogP contribution in [0, 0.1) is 18.6 Å². The first kappa shape index (κ1) is 23.2. The van der Waals surface area contributed by atoms with E-state index < -0.39 is 23.4 Å². The van der Waals surface area contributed by atoms with E-state index in [1.807, 2.05) is 4.90 Å². The zero-order valence-corrected chi connectivity index (χ0v) is 19.2. The number of morpholine rings is 1. The molecule has 0 unspecified atom stereocenters. The molecular formula is C23H20ClF2N3O3S. The van der Waals surface area contributed by atoms with Crippen LogP contribution in [0.2, 0.25) is 5.02 Å². The number of amides is 2. The average Bonchev–Trinajstić information content (AvgIpc) is 3.09. The Morgan fingerprint density at radius 1 is 1.00 bits per heavy atom. The number of nitrogens with one attached hydrogen (secondary N) is 2. The van der Waals surface area contributed by atoms with E-state index in [-0.39, 0.29) is 15.5 Å². The standard InChI is InChI=1S/C23H20ClF2N3O3S/c1-13-19(24)20(22(31)27-17-4-2-15(25)3-5-17)33-23(13)28-21(30)14-10-16(26)12-18(11-14)29-6-8-32-9-7-29/h2-5,10-12H,6-9H2,1H3,(H,27,31)(H,28,30). The number of ether oxygens (including phenoxy) is 1. The van der Waals surface area contributed by atoms with Crippen molar-refractivity contribution in [3.63, 3.8) is 0 Å². The fourth-order valence-electron chi connectivity index (χ4n) is 3.36. The molecule has 0 saturated carbocycles. The summed E-state index contributed by atoms with van der Waals surface area (Å²) in [6, 6.07) is 9.48. The van der Waals surface area contributed by atoms with Crippen molar-refractivity contribution < 1.29 is 23.1 Å². The number of carbonyl (C=O) groups is 2. The van der Waals surface area contributed by atoms with E-state index in [9.17, 15) is 18.4 Å². The van der Waals surface area contributed by atoms with Crippen LogP contribution >= 0.6 is 22.9 Å². The molecule has 2 amide bonds. The molecule has 2 N–H and O–H groups in total. The lowest BCUT2D eigenvalue weighted by atomic mass is 10.1. The summed E-state index contributed by atoms with van der Waals surface area (Å²) in [7, 11) is 0. The molecule has 1 aromatic heterocycles. The Balaban J connectivity index is 1.52. The molecule has 1 saturated heterocycles. The highest BCUT2D eigenvalue weighted by Gasteiger charge is 2.22. The minimum atomic E-state index is -0.524. The fraction of sp³-hybridized carbons (Fsp3) is 0.217. The highest BCUT2D eigenvalue weighted by atomic mass is 35.5. The van der Waals surface area contributed by atoms with Gasteiger partial charge in [-0.15, -0.1) is 11.3 Å². The zero-order chi connectivity index (χ0) is 23.5. The Morgan fingerprint density at radius 2 is 1.70 bits per heavy atom. The van der Waals surface area contributed by atoms with Crippen molar-refractivity contribution in [2.45, 2.75) is 6.92 Å². The van der Waals surface area contributed by atoms with Gasteiger partial charge in [0.05, 0.1) is 18.2 Å². The molecule has 0 spiro atoms. The Labute approximate surface area is 198 Å². The van der Waals surface area contributed by atoms with Crippen molar-refractivity contribution in [2.75, 3.05) is 41.8 Å². The van der Waals surface area contributed by atoms with Crippen LogP contribution in [0.25, 0.3) is 0 Å². The maximum absolute atomic E-state index is 14.2. The second kappa shape index (κ2) is 9.86. The van der Waals surface area contributed by atoms with Crippen LogP contribution < -0.4 is 15.5 Å². The molecule has 4 rings (SSSR count). The number of hydrogen-bond donors (Lipinski definition) is 2. The molecule has 0 bridgehead atoms. The molecule has 2 heterocycles. The number of rotatable bonds is 5. The van der Waals surface area contributed by atoms with Gasteiger partial charge in [0.25, 0.3) is 11.8 Å². The first-order valence-electron chi connectivity index (χ1n) is 10.1. The van der Waals surface area contributed by atoms with Gasteiger partial charge < -0.3 is 20.3 Å². The van der Waals surface area contributed by atoms with E-state index >= 15 is 0 Å². The van der Waals surface area contributed by atoms with E-state index in [0.717, 1.165) is 17.4 Å². The van der Waals surface area contributed by atoms with Gasteiger partial charge in [-0.3, -0.25) is 9.59 Å². The summed E-state index contributed by atoms with van der Waals surface area (Å²) in [6.45, 7) is 3.96. The molecular weight excluding hydrogens is 472 g/mol. The van der Waals surface area contributed by atoms with E-state index in [1.54, 1.807) is 13.0 Å². The molecule has 10 heteroatoms. The van der Waals surface area contributed by atoms with Crippen LogP contribution in [0.4, 0.5) is 25.2 Å². The van der Waals surface area contributed by atoms with Gasteiger partial charge in [0.15, 0.2) is 0 Å². The Bertz CT molecular complexity index is 1190.